The van der Waals surface area contributed by atoms with Gasteiger partial charge in [-0.05, 0) is 17.9 Å². The van der Waals surface area contributed by atoms with Gasteiger partial charge in [-0.1, -0.05) is 12.2 Å². The molecular formula is C21H25N9O10P2S2. The highest BCUT2D eigenvalue weighted by Crippen LogP contribution is 2.58. The van der Waals surface area contributed by atoms with Crippen molar-refractivity contribution in [2.75, 3.05) is 24.7 Å². The number of aromatic nitrogens is 7. The summed E-state index contributed by atoms with van der Waals surface area (Å²) in [7, 11) is 0. The van der Waals surface area contributed by atoms with Crippen molar-refractivity contribution in [2.45, 2.75) is 49.4 Å². The van der Waals surface area contributed by atoms with E-state index < -0.39 is 68.7 Å². The second kappa shape index (κ2) is 11.1. The van der Waals surface area contributed by atoms with E-state index in [1.54, 1.807) is 12.3 Å². The van der Waals surface area contributed by atoms with Crippen LogP contribution < -0.4 is 17.0 Å². The molecule has 0 spiro atoms. The molecule has 0 saturated carbocycles. The molecule has 7 N–H and O–H groups in total. The van der Waals surface area contributed by atoms with Crippen LogP contribution >= 0.6 is 25.8 Å². The number of nitrogens with two attached hydrogens (primary N) is 2. The van der Waals surface area contributed by atoms with Gasteiger partial charge in [0.15, 0.2) is 23.6 Å². The molecule has 236 valence electrons. The number of thiol groups is 1. The Morgan fingerprint density at radius 1 is 1.07 bits per heavy atom. The average molecular weight is 690 g/mol. The molecule has 4 aromatic heterocycles. The zero-order valence-corrected chi connectivity index (χ0v) is 25.7. The van der Waals surface area contributed by atoms with Gasteiger partial charge in [-0.3, -0.25) is 23.4 Å². The van der Waals surface area contributed by atoms with E-state index in [1.807, 2.05) is 0 Å². The molecule has 3 unspecified atom stereocenters. The number of rotatable bonds is 2. The van der Waals surface area contributed by atoms with E-state index >= 15 is 0 Å². The van der Waals surface area contributed by atoms with Crippen molar-refractivity contribution in [2.24, 2.45) is 0 Å². The molecule has 4 aromatic rings. The third-order valence-electron chi connectivity index (χ3n) is 7.34. The van der Waals surface area contributed by atoms with Crippen LogP contribution in [0.3, 0.4) is 0 Å². The highest BCUT2D eigenvalue weighted by Gasteiger charge is 2.50. The smallest absolute Gasteiger partial charge is 0.386 e. The van der Waals surface area contributed by atoms with Crippen molar-refractivity contribution in [1.29, 1.82) is 0 Å². The van der Waals surface area contributed by atoms with Crippen molar-refractivity contribution in [1.82, 2.24) is 34.1 Å². The molecule has 19 nitrogen and oxygen atoms in total. The Morgan fingerprint density at radius 3 is 2.70 bits per heavy atom. The number of nitrogen functional groups attached to an aromatic ring is 2. The number of H-pyrrole nitrogens is 1. The largest absolute Gasteiger partial charge is 0.386 e. The fourth-order valence-electron chi connectivity index (χ4n) is 5.43. The van der Waals surface area contributed by atoms with Crippen molar-refractivity contribution in [3.8, 4) is 0 Å². The van der Waals surface area contributed by atoms with Crippen LogP contribution in [0.25, 0.3) is 22.2 Å². The third-order valence-corrected chi connectivity index (χ3v) is 10.5. The molecular weight excluding hydrogens is 664 g/mol. The molecule has 0 amide bonds. The summed E-state index contributed by atoms with van der Waals surface area (Å²) >= 11 is 9.44. The van der Waals surface area contributed by atoms with Gasteiger partial charge in [-0.2, -0.15) is 4.98 Å². The number of imidazole rings is 1. The Morgan fingerprint density at radius 2 is 1.89 bits per heavy atom. The molecule has 0 aliphatic carbocycles. The van der Waals surface area contributed by atoms with Crippen molar-refractivity contribution >= 4 is 71.5 Å². The summed E-state index contributed by atoms with van der Waals surface area (Å²) in [5.74, 6) is 0.0700. The summed E-state index contributed by atoms with van der Waals surface area (Å²) in [6.07, 6.45) is -3.53. The van der Waals surface area contributed by atoms with E-state index in [9.17, 15) is 19.4 Å². The lowest BCUT2D eigenvalue weighted by atomic mass is 10.1. The molecule has 23 heteroatoms. The van der Waals surface area contributed by atoms with Crippen LogP contribution in [0.1, 0.15) is 18.9 Å². The number of aromatic amines is 1. The maximum atomic E-state index is 13.4. The number of ether oxygens (including phenoxy) is 2. The van der Waals surface area contributed by atoms with Gasteiger partial charge in [0.05, 0.1) is 31.0 Å². The van der Waals surface area contributed by atoms with Crippen LogP contribution in [0.2, 0.25) is 0 Å². The zero-order valence-electron chi connectivity index (χ0n) is 22.2. The SMILES string of the molecule is Nc1nc2c(ncn2[C@@H]2OC3COP(=O)(S)O[C@H]4[C@@H](O)[C@H](n5ccc6c(N)ncnc65)O[C@@H]4COP(O)(=S)O[C@@H]2C3)c(=O)[nH]1. The first-order valence-electron chi connectivity index (χ1n) is 13.0. The summed E-state index contributed by atoms with van der Waals surface area (Å²) < 4.78 is 51.3. The first-order valence-corrected chi connectivity index (χ1v) is 18.3. The van der Waals surface area contributed by atoms with Crippen molar-refractivity contribution < 1.29 is 42.1 Å². The summed E-state index contributed by atoms with van der Waals surface area (Å²) in [5.41, 5.74) is 11.6. The molecule has 7 heterocycles. The molecule has 3 fully saturated rings. The van der Waals surface area contributed by atoms with Crippen LogP contribution in [0.5, 0.6) is 0 Å². The van der Waals surface area contributed by atoms with Gasteiger partial charge in [-0.25, -0.2) is 19.5 Å². The van der Waals surface area contributed by atoms with E-state index in [0.717, 1.165) is 0 Å². The molecule has 7 rings (SSSR count). The van der Waals surface area contributed by atoms with Gasteiger partial charge in [0.2, 0.25) is 5.95 Å². The van der Waals surface area contributed by atoms with Crippen LogP contribution in [-0.4, -0.2) is 87.8 Å². The molecule has 0 aromatic carbocycles. The van der Waals surface area contributed by atoms with E-state index in [4.69, 9.17) is 50.8 Å². The zero-order chi connectivity index (χ0) is 31.0. The molecule has 44 heavy (non-hydrogen) atoms. The van der Waals surface area contributed by atoms with E-state index in [-0.39, 0.29) is 36.0 Å². The highest BCUT2D eigenvalue weighted by atomic mass is 32.7. The number of fused-ring (bicyclic) bond motifs is 5. The minimum atomic E-state index is -4.17. The van der Waals surface area contributed by atoms with Gasteiger partial charge in [0.1, 0.15) is 42.2 Å². The predicted molar refractivity (Wildman–Crippen MR) is 158 cm³/mol. The normalized spacial score (nSPS) is 36.6. The van der Waals surface area contributed by atoms with Crippen LogP contribution in [-0.2, 0) is 43.9 Å². The molecule has 9 atom stereocenters. The summed E-state index contributed by atoms with van der Waals surface area (Å²) in [4.78, 5) is 42.2. The average Bonchev–Trinajstić information content (AvgIpc) is 3.72. The van der Waals surface area contributed by atoms with Gasteiger partial charge in [-0.15, -0.1) is 0 Å². The minimum Gasteiger partial charge on any atom is -0.386 e. The molecule has 2 bridgehead atoms. The Hall–Kier alpha value is -2.52. The Kier molecular flexibility index (Phi) is 7.59. The first-order chi connectivity index (χ1) is 20.9. The van der Waals surface area contributed by atoms with Crippen LogP contribution in [0.4, 0.5) is 11.8 Å². The van der Waals surface area contributed by atoms with Gasteiger partial charge < -0.3 is 44.6 Å². The van der Waals surface area contributed by atoms with E-state index in [1.165, 1.54) is 21.8 Å². The van der Waals surface area contributed by atoms with Crippen LogP contribution in [0, 0.1) is 0 Å². The van der Waals surface area contributed by atoms with Crippen molar-refractivity contribution in [3.63, 3.8) is 0 Å². The molecule has 0 radical (unpaired) electrons. The number of aliphatic hydroxyl groups is 1. The summed E-state index contributed by atoms with van der Waals surface area (Å²) in [6, 6.07) is 1.65. The fraction of sp³-hybridized carbons (Fsp3) is 0.476. The minimum absolute atomic E-state index is 0.00856. The Balaban J connectivity index is 1.19. The second-order valence-corrected chi connectivity index (χ2v) is 15.8. The lowest BCUT2D eigenvalue weighted by Crippen LogP contribution is -2.36. The number of aliphatic hydroxyl groups excluding tert-OH is 1. The molecule has 3 aliphatic rings. The maximum Gasteiger partial charge on any atom is 0.386 e. The monoisotopic (exact) mass is 689 g/mol. The van der Waals surface area contributed by atoms with E-state index in [2.05, 4.69) is 37.2 Å². The first kappa shape index (κ1) is 30.2. The van der Waals surface area contributed by atoms with Crippen LogP contribution in [0.15, 0.2) is 29.7 Å². The van der Waals surface area contributed by atoms with E-state index in [0.29, 0.717) is 11.0 Å². The van der Waals surface area contributed by atoms with Gasteiger partial charge in [0.25, 0.3) is 5.56 Å². The standard InChI is InChI=1S/C21H25N9O10P2S2/c22-15-9-1-2-29(16(9)25-6-24-15)20-13(31)14-11(38-20)5-36-41(33,43)39-10-3-8(4-35-42(34,44)40-14)37-19(10)30-7-26-12-17(30)27-21(23)28-18(12)32/h1-2,6-8,10-11,13-14,19-20,31H,3-5H2,(H,33,43)(H,34,44)(H2,22,24,25)(H3,23,27,28,32)/t8?,10-,11-,13-,14-,19-,20-,41?,42?/m1/s1. The summed E-state index contributed by atoms with van der Waals surface area (Å²) in [6.45, 7) is -8.94. The maximum absolute atomic E-state index is 13.4. The predicted octanol–water partition coefficient (Wildman–Crippen LogP) is 0.347. The number of hydrogen-bond donors (Lipinski definition) is 6. The quantitative estimate of drug-likeness (QED) is 0.122. The molecule has 3 aliphatic heterocycles. The highest BCUT2D eigenvalue weighted by molar-refractivity contribution is 8.44. The van der Waals surface area contributed by atoms with Crippen molar-refractivity contribution in [3.05, 3.63) is 35.3 Å². The van der Waals surface area contributed by atoms with Gasteiger partial charge in [0, 0.05) is 12.6 Å². The fourth-order valence-corrected chi connectivity index (χ4v) is 8.39. The second-order valence-electron chi connectivity index (χ2n) is 10.2. The topological polar surface area (TPSA) is 259 Å². The Bertz CT molecular complexity index is 1910. The Labute approximate surface area is 256 Å². The summed E-state index contributed by atoms with van der Waals surface area (Å²) in [5, 5.41) is 11.8. The third kappa shape index (κ3) is 5.46. The lowest BCUT2D eigenvalue weighted by molar-refractivity contribution is -0.0591. The lowest BCUT2D eigenvalue weighted by Gasteiger charge is -2.27. The number of nitrogens with zero attached hydrogens (tertiary/aromatic N) is 6. The number of hydrogen-bond acceptors (Lipinski definition) is 16. The number of nitrogens with one attached hydrogen (secondary N) is 1. The number of anilines is 2. The van der Waals surface area contributed by atoms with Gasteiger partial charge >= 0.3 is 13.5 Å². The molecule has 3 saturated heterocycles.